The lowest BCUT2D eigenvalue weighted by atomic mass is 10.1. The van der Waals surface area contributed by atoms with Gasteiger partial charge in [-0.1, -0.05) is 27.5 Å². The van der Waals surface area contributed by atoms with Crippen molar-refractivity contribution in [2.75, 3.05) is 6.61 Å². The molecule has 0 aromatic heterocycles. The normalized spacial score (nSPS) is 10.7. The Balaban J connectivity index is 1.88. The molecule has 6 heteroatoms. The molecule has 0 unspecified atom stereocenters. The van der Waals surface area contributed by atoms with Crippen molar-refractivity contribution in [3.63, 3.8) is 0 Å². The van der Waals surface area contributed by atoms with E-state index in [0.717, 1.165) is 42.0 Å². The second-order valence-electron chi connectivity index (χ2n) is 6.24. The van der Waals surface area contributed by atoms with Gasteiger partial charge in [-0.05, 0) is 90.5 Å². The van der Waals surface area contributed by atoms with Crippen LogP contribution in [0, 0.1) is 27.7 Å². The van der Waals surface area contributed by atoms with Gasteiger partial charge < -0.3 is 9.47 Å². The first-order valence-electron chi connectivity index (χ1n) is 8.26. The van der Waals surface area contributed by atoms with Crippen LogP contribution in [-0.4, -0.2) is 12.6 Å². The molecule has 0 amide bonds. The molecule has 2 rings (SSSR count). The van der Waals surface area contributed by atoms with Crippen LogP contribution in [0.2, 0.25) is 5.02 Å². The summed E-state index contributed by atoms with van der Waals surface area (Å²) in [5.41, 5.74) is 3.76. The minimum Gasteiger partial charge on any atom is -0.492 e. The van der Waals surface area contributed by atoms with Gasteiger partial charge in [-0.3, -0.25) is 4.79 Å². The zero-order valence-corrected chi connectivity index (χ0v) is 19.1. The van der Waals surface area contributed by atoms with Gasteiger partial charge in [-0.2, -0.15) is 0 Å². The number of carbonyl (C=O) groups is 1. The zero-order valence-electron chi connectivity index (χ0n) is 15.2. The van der Waals surface area contributed by atoms with E-state index in [0.29, 0.717) is 18.8 Å². The van der Waals surface area contributed by atoms with E-state index in [2.05, 4.69) is 31.9 Å². The van der Waals surface area contributed by atoms with Gasteiger partial charge in [0.15, 0.2) is 0 Å². The van der Waals surface area contributed by atoms with Crippen molar-refractivity contribution in [2.24, 2.45) is 0 Å². The quantitative estimate of drug-likeness (QED) is 0.245. The number of hydrogen-bond donors (Lipinski definition) is 0. The third-order valence-corrected chi connectivity index (χ3v) is 6.02. The van der Waals surface area contributed by atoms with E-state index in [1.807, 2.05) is 45.9 Å². The average Bonchev–Trinajstić information content (AvgIpc) is 2.57. The number of esters is 1. The molecule has 0 bridgehead atoms. The summed E-state index contributed by atoms with van der Waals surface area (Å²) in [6.45, 7) is 8.15. The largest absolute Gasteiger partial charge is 0.492 e. The molecule has 0 aliphatic carbocycles. The molecule has 26 heavy (non-hydrogen) atoms. The SMILES string of the molecule is Cc1cc(OCCCC(=O)Oc2c(C)cc(Br)cc2C)c(Br)c(C)c1Cl. The molecule has 0 heterocycles. The number of halogens is 3. The number of benzene rings is 2. The first kappa shape index (κ1) is 21.3. The van der Waals surface area contributed by atoms with Crippen molar-refractivity contribution in [2.45, 2.75) is 40.5 Å². The maximum atomic E-state index is 12.1. The van der Waals surface area contributed by atoms with Crippen molar-refractivity contribution < 1.29 is 14.3 Å². The first-order valence-corrected chi connectivity index (χ1v) is 10.2. The minimum absolute atomic E-state index is 0.260. The molecule has 2 aromatic carbocycles. The molecule has 0 aliphatic rings. The summed E-state index contributed by atoms with van der Waals surface area (Å²) in [5.74, 6) is 1.10. The third-order valence-electron chi connectivity index (χ3n) is 3.99. The molecule has 0 saturated heterocycles. The summed E-state index contributed by atoms with van der Waals surface area (Å²) in [7, 11) is 0. The highest BCUT2D eigenvalue weighted by Crippen LogP contribution is 2.35. The molecule has 0 radical (unpaired) electrons. The summed E-state index contributed by atoms with van der Waals surface area (Å²) in [6.07, 6.45) is 0.860. The van der Waals surface area contributed by atoms with Gasteiger partial charge in [0.1, 0.15) is 11.5 Å². The lowest BCUT2D eigenvalue weighted by Gasteiger charge is -2.13. The summed E-state index contributed by atoms with van der Waals surface area (Å²) in [4.78, 5) is 12.1. The number of rotatable bonds is 6. The highest BCUT2D eigenvalue weighted by Gasteiger charge is 2.13. The lowest BCUT2D eigenvalue weighted by Crippen LogP contribution is -2.11. The number of hydrogen-bond acceptors (Lipinski definition) is 3. The monoisotopic (exact) mass is 502 g/mol. The van der Waals surface area contributed by atoms with Gasteiger partial charge in [0.2, 0.25) is 0 Å². The first-order chi connectivity index (χ1) is 12.2. The Morgan fingerprint density at radius 1 is 1.04 bits per heavy atom. The Bertz CT molecular complexity index is 811. The van der Waals surface area contributed by atoms with Gasteiger partial charge in [0.05, 0.1) is 11.1 Å². The van der Waals surface area contributed by atoms with Crippen LogP contribution in [0.5, 0.6) is 11.5 Å². The third kappa shape index (κ3) is 5.24. The van der Waals surface area contributed by atoms with Crippen LogP contribution in [0.25, 0.3) is 0 Å². The minimum atomic E-state index is -0.260. The van der Waals surface area contributed by atoms with Crippen LogP contribution in [-0.2, 0) is 4.79 Å². The Kier molecular flexibility index (Phi) is 7.56. The number of ether oxygens (including phenoxy) is 2. The summed E-state index contributed by atoms with van der Waals surface area (Å²) in [5, 5.41) is 0.730. The van der Waals surface area contributed by atoms with Crippen LogP contribution < -0.4 is 9.47 Å². The van der Waals surface area contributed by atoms with E-state index in [1.54, 1.807) is 0 Å². The van der Waals surface area contributed by atoms with E-state index in [-0.39, 0.29) is 12.4 Å². The van der Waals surface area contributed by atoms with Crippen LogP contribution in [0.1, 0.15) is 35.1 Å². The molecule has 3 nitrogen and oxygen atoms in total. The second kappa shape index (κ2) is 9.25. The molecular weight excluding hydrogens is 483 g/mol. The predicted molar refractivity (Wildman–Crippen MR) is 113 cm³/mol. The van der Waals surface area contributed by atoms with Crippen molar-refractivity contribution in [1.82, 2.24) is 0 Å². The van der Waals surface area contributed by atoms with E-state index in [9.17, 15) is 4.79 Å². The maximum absolute atomic E-state index is 12.1. The molecule has 0 spiro atoms. The average molecular weight is 505 g/mol. The van der Waals surface area contributed by atoms with Crippen LogP contribution in [0.15, 0.2) is 27.1 Å². The molecule has 0 saturated carbocycles. The second-order valence-corrected chi connectivity index (χ2v) is 8.33. The van der Waals surface area contributed by atoms with Crippen molar-refractivity contribution in [3.8, 4) is 11.5 Å². The molecule has 0 N–H and O–H groups in total. The number of carbonyl (C=O) groups excluding carboxylic acids is 1. The fourth-order valence-corrected chi connectivity index (χ4v) is 4.00. The zero-order chi connectivity index (χ0) is 19.4. The smallest absolute Gasteiger partial charge is 0.311 e. The molecule has 2 aromatic rings. The Labute approximate surface area is 176 Å². The number of aryl methyl sites for hydroxylation is 3. The lowest BCUT2D eigenvalue weighted by molar-refractivity contribution is -0.134. The molecule has 140 valence electrons. The van der Waals surface area contributed by atoms with Gasteiger partial charge in [0.25, 0.3) is 0 Å². The van der Waals surface area contributed by atoms with Crippen LogP contribution in [0.3, 0.4) is 0 Å². The predicted octanol–water partition coefficient (Wildman–Crippen LogP) is 6.86. The fraction of sp³-hybridized carbons (Fsp3) is 0.350. The molecular formula is C20H21Br2ClO3. The van der Waals surface area contributed by atoms with Gasteiger partial charge in [0, 0.05) is 15.9 Å². The summed E-state index contributed by atoms with van der Waals surface area (Å²) in [6, 6.07) is 5.76. The molecule has 0 aliphatic heterocycles. The molecule has 0 atom stereocenters. The van der Waals surface area contributed by atoms with Crippen molar-refractivity contribution in [3.05, 3.63) is 54.4 Å². The topological polar surface area (TPSA) is 35.5 Å². The van der Waals surface area contributed by atoms with Gasteiger partial charge >= 0.3 is 5.97 Å². The van der Waals surface area contributed by atoms with E-state index < -0.39 is 0 Å². The Morgan fingerprint density at radius 3 is 2.27 bits per heavy atom. The van der Waals surface area contributed by atoms with Crippen LogP contribution in [0.4, 0.5) is 0 Å². The Hall–Kier alpha value is -1.04. The molecule has 0 fully saturated rings. The highest BCUT2D eigenvalue weighted by atomic mass is 79.9. The summed E-state index contributed by atoms with van der Waals surface area (Å²) >= 11 is 13.2. The Morgan fingerprint density at radius 2 is 1.65 bits per heavy atom. The van der Waals surface area contributed by atoms with Crippen LogP contribution >= 0.6 is 43.5 Å². The van der Waals surface area contributed by atoms with Crippen molar-refractivity contribution >= 4 is 49.4 Å². The van der Waals surface area contributed by atoms with E-state index in [1.165, 1.54) is 0 Å². The summed E-state index contributed by atoms with van der Waals surface area (Å²) < 4.78 is 13.1. The fourth-order valence-electron chi connectivity index (χ4n) is 2.63. The maximum Gasteiger partial charge on any atom is 0.311 e. The standard InChI is InChI=1S/C20H21Br2ClO3/c1-11-10-16(18(22)14(4)19(11)23)25-7-5-6-17(24)26-20-12(2)8-15(21)9-13(20)3/h8-10H,5-7H2,1-4H3. The highest BCUT2D eigenvalue weighted by molar-refractivity contribution is 9.10. The van der Waals surface area contributed by atoms with E-state index in [4.69, 9.17) is 21.1 Å². The van der Waals surface area contributed by atoms with Gasteiger partial charge in [-0.15, -0.1) is 0 Å². The van der Waals surface area contributed by atoms with E-state index >= 15 is 0 Å². The van der Waals surface area contributed by atoms with Gasteiger partial charge in [-0.25, -0.2) is 0 Å². The van der Waals surface area contributed by atoms with Crippen molar-refractivity contribution in [1.29, 1.82) is 0 Å².